The predicted octanol–water partition coefficient (Wildman–Crippen LogP) is 2.31. The fourth-order valence-electron chi connectivity index (χ4n) is 4.59. The van der Waals surface area contributed by atoms with Crippen LogP contribution in [0.1, 0.15) is 33.6 Å². The summed E-state index contributed by atoms with van der Waals surface area (Å²) in [5, 5.41) is 2.74. The highest BCUT2D eigenvalue weighted by Gasteiger charge is 2.72. The van der Waals surface area contributed by atoms with Crippen LogP contribution >= 0.6 is 0 Å². The molecule has 8 nitrogen and oxygen atoms in total. The van der Waals surface area contributed by atoms with E-state index in [9.17, 15) is 4.79 Å². The van der Waals surface area contributed by atoms with E-state index in [4.69, 9.17) is 28.4 Å². The molecule has 1 unspecified atom stereocenters. The summed E-state index contributed by atoms with van der Waals surface area (Å²) in [6.45, 7) is 8.92. The lowest BCUT2D eigenvalue weighted by atomic mass is 9.68. The van der Waals surface area contributed by atoms with E-state index in [1.54, 1.807) is 14.2 Å². The molecule has 1 N–H and O–H groups in total. The van der Waals surface area contributed by atoms with Crippen molar-refractivity contribution in [3.63, 3.8) is 0 Å². The molecule has 2 heterocycles. The second-order valence-corrected chi connectivity index (χ2v) is 8.90. The van der Waals surface area contributed by atoms with Crippen LogP contribution < -0.4 is 5.32 Å². The number of carbonyl (C=O) groups is 1. The minimum atomic E-state index is -0.457. The van der Waals surface area contributed by atoms with Crippen molar-refractivity contribution in [1.29, 1.82) is 0 Å². The van der Waals surface area contributed by atoms with Gasteiger partial charge in [0.05, 0.1) is 32.3 Å². The summed E-state index contributed by atoms with van der Waals surface area (Å²) in [6, 6.07) is 0. The Hall–Kier alpha value is -1.19. The molecule has 2 aliphatic heterocycles. The van der Waals surface area contributed by atoms with Crippen LogP contribution in [0.3, 0.4) is 0 Å². The largest absolute Gasteiger partial charge is 0.443 e. The van der Waals surface area contributed by atoms with Crippen LogP contribution in [0.4, 0.5) is 4.79 Å². The van der Waals surface area contributed by atoms with Crippen LogP contribution in [0.25, 0.3) is 0 Å². The first-order valence-corrected chi connectivity index (χ1v) is 10.9. The molecule has 0 aromatic carbocycles. The second kappa shape index (κ2) is 9.96. The Kier molecular flexibility index (Phi) is 7.79. The van der Waals surface area contributed by atoms with Gasteiger partial charge in [0, 0.05) is 20.8 Å². The Bertz CT molecular complexity index is 606. The van der Waals surface area contributed by atoms with Crippen molar-refractivity contribution in [3.05, 3.63) is 12.2 Å². The summed E-state index contributed by atoms with van der Waals surface area (Å²) >= 11 is 0. The van der Waals surface area contributed by atoms with Crippen LogP contribution in [0.5, 0.6) is 0 Å². The van der Waals surface area contributed by atoms with E-state index in [1.807, 2.05) is 0 Å². The molecule has 6 atom stereocenters. The summed E-state index contributed by atoms with van der Waals surface area (Å²) in [5.74, 6) is 0.466. The van der Waals surface area contributed by atoms with E-state index < -0.39 is 6.09 Å². The zero-order valence-electron chi connectivity index (χ0n) is 18.8. The highest BCUT2D eigenvalue weighted by molar-refractivity contribution is 5.67. The zero-order chi connectivity index (χ0) is 21.8. The Balaban J connectivity index is 1.56. The van der Waals surface area contributed by atoms with Gasteiger partial charge in [-0.2, -0.15) is 0 Å². The standard InChI is InChI=1S/C22H37NO7/c1-15(2)6-7-17-21(3,30-17)19-18(26-5)16(8-9-22(19)14-28-22)29-20(24)23-10-11-27-13-12-25-4/h6-7,15-19H,8-14H2,1-5H3,(H,23,24)/b7-6+/t16-,17-,18-,19?,21+,22+/m1/s1. The first-order chi connectivity index (χ1) is 14.4. The maximum Gasteiger partial charge on any atom is 0.407 e. The van der Waals surface area contributed by atoms with Gasteiger partial charge in [0.25, 0.3) is 0 Å². The van der Waals surface area contributed by atoms with Gasteiger partial charge in [-0.15, -0.1) is 0 Å². The SMILES string of the molecule is COCCOCCNC(=O)O[C@@H]1CC[C@]2(CO2)C([C@@]2(C)O[C@@H]2/C=C/C(C)C)[C@@H]1OC. The molecule has 3 rings (SSSR count). The van der Waals surface area contributed by atoms with Gasteiger partial charge < -0.3 is 33.7 Å². The number of rotatable bonds is 11. The Morgan fingerprint density at radius 2 is 2.03 bits per heavy atom. The molecule has 1 spiro atoms. The second-order valence-electron chi connectivity index (χ2n) is 8.90. The van der Waals surface area contributed by atoms with E-state index in [2.05, 4.69) is 38.2 Å². The van der Waals surface area contributed by atoms with Crippen molar-refractivity contribution in [2.45, 2.75) is 63.1 Å². The molecular weight excluding hydrogens is 390 g/mol. The normalized spacial score (nSPS) is 37.7. The lowest BCUT2D eigenvalue weighted by Gasteiger charge is -2.42. The van der Waals surface area contributed by atoms with Crippen LogP contribution in [0, 0.1) is 11.8 Å². The summed E-state index contributed by atoms with van der Waals surface area (Å²) < 4.78 is 34.0. The number of methoxy groups -OCH3 is 2. The zero-order valence-corrected chi connectivity index (χ0v) is 18.8. The smallest absolute Gasteiger partial charge is 0.407 e. The van der Waals surface area contributed by atoms with E-state index in [0.29, 0.717) is 45.3 Å². The molecule has 3 fully saturated rings. The molecule has 30 heavy (non-hydrogen) atoms. The fourth-order valence-corrected chi connectivity index (χ4v) is 4.59. The van der Waals surface area contributed by atoms with Crippen molar-refractivity contribution in [2.75, 3.05) is 47.2 Å². The Morgan fingerprint density at radius 3 is 2.67 bits per heavy atom. The topological polar surface area (TPSA) is 91.1 Å². The van der Waals surface area contributed by atoms with E-state index in [0.717, 1.165) is 6.42 Å². The number of amides is 1. The third kappa shape index (κ3) is 5.34. The Morgan fingerprint density at radius 1 is 1.27 bits per heavy atom. The molecule has 3 aliphatic rings. The van der Waals surface area contributed by atoms with Gasteiger partial charge in [-0.3, -0.25) is 0 Å². The fraction of sp³-hybridized carbons (Fsp3) is 0.864. The molecule has 1 amide bonds. The van der Waals surface area contributed by atoms with Gasteiger partial charge in [0.15, 0.2) is 0 Å². The van der Waals surface area contributed by atoms with Crippen molar-refractivity contribution in [1.82, 2.24) is 5.32 Å². The average Bonchev–Trinajstić information content (AvgIpc) is 3.62. The Labute approximate surface area is 179 Å². The number of allylic oxidation sites excluding steroid dienone is 1. The lowest BCUT2D eigenvalue weighted by Crippen LogP contribution is -2.56. The molecular formula is C22H37NO7. The summed E-state index contributed by atoms with van der Waals surface area (Å²) in [6.07, 6.45) is 4.77. The van der Waals surface area contributed by atoms with Gasteiger partial charge in [-0.25, -0.2) is 4.79 Å². The molecule has 2 saturated heterocycles. The molecule has 1 saturated carbocycles. The van der Waals surface area contributed by atoms with Crippen molar-refractivity contribution >= 4 is 6.09 Å². The number of ether oxygens (including phenoxy) is 6. The van der Waals surface area contributed by atoms with E-state index in [-0.39, 0.29) is 35.4 Å². The maximum absolute atomic E-state index is 12.3. The predicted molar refractivity (Wildman–Crippen MR) is 110 cm³/mol. The van der Waals surface area contributed by atoms with Gasteiger partial charge >= 0.3 is 6.09 Å². The highest BCUT2D eigenvalue weighted by Crippen LogP contribution is 2.59. The first kappa shape index (κ1) is 23.5. The monoisotopic (exact) mass is 427 g/mol. The van der Waals surface area contributed by atoms with Crippen molar-refractivity contribution < 1.29 is 33.2 Å². The summed E-state index contributed by atoms with van der Waals surface area (Å²) in [5.41, 5.74) is -0.613. The molecule has 8 heteroatoms. The maximum atomic E-state index is 12.3. The minimum Gasteiger partial charge on any atom is -0.443 e. The summed E-state index contributed by atoms with van der Waals surface area (Å²) in [4.78, 5) is 12.3. The number of hydrogen-bond acceptors (Lipinski definition) is 7. The van der Waals surface area contributed by atoms with Gasteiger partial charge in [-0.1, -0.05) is 26.0 Å². The molecule has 1 aliphatic carbocycles. The number of epoxide rings is 2. The molecule has 0 aromatic rings. The molecule has 0 bridgehead atoms. The van der Waals surface area contributed by atoms with Crippen LogP contribution in [-0.4, -0.2) is 82.8 Å². The van der Waals surface area contributed by atoms with Crippen LogP contribution in [-0.2, 0) is 28.4 Å². The van der Waals surface area contributed by atoms with Crippen molar-refractivity contribution in [3.8, 4) is 0 Å². The highest BCUT2D eigenvalue weighted by atomic mass is 16.6. The van der Waals surface area contributed by atoms with Crippen molar-refractivity contribution in [2.24, 2.45) is 11.8 Å². The molecule has 172 valence electrons. The quantitative estimate of drug-likeness (QED) is 0.307. The van der Waals surface area contributed by atoms with Crippen LogP contribution in [0.15, 0.2) is 12.2 Å². The number of carbonyl (C=O) groups excluding carboxylic acids is 1. The third-order valence-corrected chi connectivity index (χ3v) is 6.28. The molecule has 0 radical (unpaired) electrons. The molecule has 0 aromatic heterocycles. The summed E-state index contributed by atoms with van der Waals surface area (Å²) in [7, 11) is 3.29. The number of alkyl carbamates (subject to hydrolysis) is 1. The lowest BCUT2D eigenvalue weighted by molar-refractivity contribution is -0.118. The number of nitrogens with one attached hydrogen (secondary N) is 1. The van der Waals surface area contributed by atoms with Gasteiger partial charge in [0.2, 0.25) is 0 Å². The first-order valence-electron chi connectivity index (χ1n) is 10.9. The van der Waals surface area contributed by atoms with Gasteiger partial charge in [0.1, 0.15) is 29.5 Å². The van der Waals surface area contributed by atoms with E-state index in [1.165, 1.54) is 0 Å². The van der Waals surface area contributed by atoms with Gasteiger partial charge in [-0.05, 0) is 25.7 Å². The van der Waals surface area contributed by atoms with E-state index >= 15 is 0 Å². The van der Waals surface area contributed by atoms with Crippen LogP contribution in [0.2, 0.25) is 0 Å². The number of hydrogen-bond donors (Lipinski definition) is 1. The minimum absolute atomic E-state index is 0.000685. The third-order valence-electron chi connectivity index (χ3n) is 6.28. The average molecular weight is 428 g/mol.